The van der Waals surface area contributed by atoms with Crippen LogP contribution >= 0.6 is 0 Å². The van der Waals surface area contributed by atoms with Gasteiger partial charge >= 0.3 is 54.6 Å². The number of rotatable bonds is 5. The number of aliphatic carboxylic acids is 2. The van der Waals surface area contributed by atoms with Gasteiger partial charge in [-0.15, -0.1) is 0 Å². The van der Waals surface area contributed by atoms with Crippen LogP contribution in [0.3, 0.4) is 0 Å². The van der Waals surface area contributed by atoms with Crippen LogP contribution in [0.25, 0.3) is 0 Å². The second-order valence-corrected chi connectivity index (χ2v) is 1.95. The van der Waals surface area contributed by atoms with Gasteiger partial charge in [0.15, 0.2) is 0 Å². The minimum atomic E-state index is -1.14. The summed E-state index contributed by atoms with van der Waals surface area (Å²) in [6.45, 7) is 0. The molecular formula is C6H8Cl2O4Pb2. The van der Waals surface area contributed by atoms with E-state index >= 15 is 0 Å². The van der Waals surface area contributed by atoms with Gasteiger partial charge in [0.25, 0.3) is 0 Å². The first-order valence-corrected chi connectivity index (χ1v) is 3.02. The van der Waals surface area contributed by atoms with E-state index in [0.717, 1.165) is 0 Å². The van der Waals surface area contributed by atoms with E-state index in [0.29, 0.717) is 12.8 Å². The molecule has 0 unspecified atom stereocenters. The van der Waals surface area contributed by atoms with Gasteiger partial charge in [0.05, 0.1) is 0 Å². The molecule has 14 heavy (non-hydrogen) atoms. The third kappa shape index (κ3) is 29.2. The van der Waals surface area contributed by atoms with Crippen molar-refractivity contribution < 1.29 is 44.6 Å². The summed E-state index contributed by atoms with van der Waals surface area (Å²) < 4.78 is 0. The Bertz CT molecular complexity index is 130. The van der Waals surface area contributed by atoms with Crippen molar-refractivity contribution in [2.45, 2.75) is 25.7 Å². The fraction of sp³-hybridized carbons (Fsp3) is 0.667. The quantitative estimate of drug-likeness (QED) is 0.224. The molecule has 0 aliphatic rings. The topological polar surface area (TPSA) is 80.3 Å². The third-order valence-corrected chi connectivity index (χ3v) is 1.01. The molecule has 0 N–H and O–H groups in total. The fourth-order valence-corrected chi connectivity index (χ4v) is 0.539. The van der Waals surface area contributed by atoms with Crippen LogP contribution < -0.4 is 35.0 Å². The van der Waals surface area contributed by atoms with Gasteiger partial charge in [-0.25, -0.2) is 0 Å². The van der Waals surface area contributed by atoms with Crippen molar-refractivity contribution >= 4 is 66.5 Å². The van der Waals surface area contributed by atoms with Crippen LogP contribution in [-0.2, 0) is 9.59 Å². The average molecular weight is 629 g/mol. The first-order valence-electron chi connectivity index (χ1n) is 3.02. The molecule has 8 heteroatoms. The van der Waals surface area contributed by atoms with Crippen LogP contribution in [0.1, 0.15) is 25.7 Å². The average Bonchev–Trinajstić information content (AvgIpc) is 1.79. The summed E-state index contributed by atoms with van der Waals surface area (Å²) >= 11 is 0. The number of carbonyl (C=O) groups excluding carboxylic acids is 2. The molecule has 0 spiro atoms. The van der Waals surface area contributed by atoms with E-state index in [1.165, 1.54) is 0 Å². The van der Waals surface area contributed by atoms with Crippen molar-refractivity contribution in [1.82, 2.24) is 0 Å². The molecule has 0 aromatic carbocycles. The smallest absolute Gasteiger partial charge is 1.00 e. The van der Waals surface area contributed by atoms with Crippen molar-refractivity contribution in [3.63, 3.8) is 0 Å². The van der Waals surface area contributed by atoms with E-state index in [9.17, 15) is 19.8 Å². The predicted octanol–water partition coefficient (Wildman–Crippen LogP) is -8.71. The molecule has 0 amide bonds. The number of unbranched alkanes of at least 4 members (excludes halogenated alkanes) is 1. The van der Waals surface area contributed by atoms with E-state index in [-0.39, 0.29) is 92.3 Å². The first kappa shape index (κ1) is 29.5. The molecule has 0 aliphatic heterocycles. The van der Waals surface area contributed by atoms with E-state index in [4.69, 9.17) is 0 Å². The van der Waals surface area contributed by atoms with Gasteiger partial charge in [0.1, 0.15) is 0 Å². The van der Waals surface area contributed by atoms with Gasteiger partial charge in [-0.05, 0) is 25.7 Å². The summed E-state index contributed by atoms with van der Waals surface area (Å²) in [6.07, 6.45) is 0.535. The van der Waals surface area contributed by atoms with Crippen LogP contribution in [-0.4, -0.2) is 66.5 Å². The molecular weight excluding hydrogens is 621 g/mol. The molecule has 0 aromatic heterocycles. The molecule has 4 radical (unpaired) electrons. The zero-order chi connectivity index (χ0) is 7.98. The van der Waals surface area contributed by atoms with Gasteiger partial charge in [0.2, 0.25) is 0 Å². The van der Waals surface area contributed by atoms with E-state index in [2.05, 4.69) is 0 Å². The maximum Gasteiger partial charge on any atom is 2.00 e. The van der Waals surface area contributed by atoms with Gasteiger partial charge in [-0.1, -0.05) is 0 Å². The zero-order valence-electron chi connectivity index (χ0n) is 7.22. The molecule has 0 bridgehead atoms. The van der Waals surface area contributed by atoms with Crippen molar-refractivity contribution in [3.05, 3.63) is 0 Å². The Balaban J connectivity index is -0.0000000675. The number of halogens is 2. The Hall–Kier alpha value is 1.36. The second-order valence-electron chi connectivity index (χ2n) is 1.95. The molecule has 0 aromatic rings. The zero-order valence-corrected chi connectivity index (χ0v) is 16.5. The molecule has 0 heterocycles. The maximum atomic E-state index is 9.77. The molecule has 78 valence electrons. The summed E-state index contributed by atoms with van der Waals surface area (Å²) in [5.74, 6) is -2.28. The first-order chi connectivity index (χ1) is 4.63. The number of carbonyl (C=O) groups is 2. The normalized spacial score (nSPS) is 6.57. The summed E-state index contributed by atoms with van der Waals surface area (Å²) in [6, 6.07) is 0. The van der Waals surface area contributed by atoms with Gasteiger partial charge in [0, 0.05) is 11.9 Å². The van der Waals surface area contributed by atoms with E-state index in [1.807, 2.05) is 0 Å². The Labute approximate surface area is 135 Å². The predicted molar refractivity (Wildman–Crippen MR) is 40.0 cm³/mol. The van der Waals surface area contributed by atoms with Crippen LogP contribution in [0, 0.1) is 0 Å². The second kappa shape index (κ2) is 19.9. The molecule has 0 atom stereocenters. The van der Waals surface area contributed by atoms with Gasteiger partial charge in [-0.2, -0.15) is 0 Å². The van der Waals surface area contributed by atoms with Gasteiger partial charge < -0.3 is 44.6 Å². The molecule has 4 nitrogen and oxygen atoms in total. The standard InChI is InChI=1S/C6H10O4.2ClH.2Pb/c7-5(8)3-1-2-4-6(9)10;;;;/h1-4H2,(H,7,8)(H,9,10);2*1H;;/q;;;2*+2/p-4. The molecule has 0 rings (SSSR count). The van der Waals surface area contributed by atoms with E-state index < -0.39 is 11.9 Å². The van der Waals surface area contributed by atoms with Crippen LogP contribution in [0.2, 0.25) is 0 Å². The van der Waals surface area contributed by atoms with Crippen molar-refractivity contribution in [1.29, 1.82) is 0 Å². The molecule has 0 fully saturated rings. The number of hydrogen-bond acceptors (Lipinski definition) is 4. The number of hydrogen-bond donors (Lipinski definition) is 0. The van der Waals surface area contributed by atoms with Crippen LogP contribution in [0.5, 0.6) is 0 Å². The van der Waals surface area contributed by atoms with E-state index in [1.54, 1.807) is 0 Å². The molecule has 0 saturated carbocycles. The maximum absolute atomic E-state index is 9.77. The number of carboxylic acid groups (broad SMARTS) is 2. The Morgan fingerprint density at radius 3 is 1.14 bits per heavy atom. The largest absolute Gasteiger partial charge is 2.00 e. The Morgan fingerprint density at radius 1 is 0.786 bits per heavy atom. The third-order valence-electron chi connectivity index (χ3n) is 1.01. The van der Waals surface area contributed by atoms with Crippen LogP contribution in [0.15, 0.2) is 0 Å². The van der Waals surface area contributed by atoms with Crippen molar-refractivity contribution in [2.75, 3.05) is 0 Å². The summed E-state index contributed by atoms with van der Waals surface area (Å²) in [5, 5.41) is 19.5. The Kier molecular flexibility index (Phi) is 41.9. The molecule has 0 saturated heterocycles. The van der Waals surface area contributed by atoms with Crippen LogP contribution in [0.4, 0.5) is 0 Å². The minimum absolute atomic E-state index is 0. The Morgan fingerprint density at radius 2 is 1.00 bits per heavy atom. The minimum Gasteiger partial charge on any atom is -1.00 e. The fourth-order valence-electron chi connectivity index (χ4n) is 0.539. The van der Waals surface area contributed by atoms with Crippen molar-refractivity contribution in [3.8, 4) is 0 Å². The summed E-state index contributed by atoms with van der Waals surface area (Å²) in [4.78, 5) is 19.5. The molecule has 0 aliphatic carbocycles. The number of carboxylic acids is 2. The van der Waals surface area contributed by atoms with Gasteiger partial charge in [-0.3, -0.25) is 0 Å². The SMILES string of the molecule is O=C([O-])CCCCC(=O)[O-].[Cl-].[Cl-].[Pb+2].[Pb+2]. The summed E-state index contributed by atoms with van der Waals surface area (Å²) in [7, 11) is 0. The van der Waals surface area contributed by atoms with Crippen molar-refractivity contribution in [2.24, 2.45) is 0 Å². The monoisotopic (exact) mass is 630 g/mol. The summed E-state index contributed by atoms with van der Waals surface area (Å²) in [5.41, 5.74) is 0.